The molecule has 1 atom stereocenters. The molecule has 6 heteroatoms. The summed E-state index contributed by atoms with van der Waals surface area (Å²) in [6.07, 6.45) is 100. The largest absolute Gasteiger partial charge is 0.462 e. The number of carbonyl (C=O) groups excluding carboxylic acids is 3. The van der Waals surface area contributed by atoms with Crippen LogP contribution < -0.4 is 0 Å². The van der Waals surface area contributed by atoms with Crippen molar-refractivity contribution >= 4 is 17.9 Å². The molecule has 0 rings (SSSR count). The highest BCUT2D eigenvalue weighted by atomic mass is 16.6. The standard InChI is InChI=1S/C77H126O6/c1-4-7-10-13-16-19-22-25-28-30-31-32-33-34-35-36-37-38-39-40-41-42-43-44-45-46-47-48-50-52-55-58-61-64-67-70-76(79)82-73-74(72-81-75(78)69-66-63-60-57-54-51-27-24-21-18-15-12-9-6-3)83-77(80)71-68-65-62-59-56-53-49-29-26-23-20-17-14-11-8-5-2/h7,10,15-16,18-20,23-25,27-29,31-32,34-35,37-38,40-41,43-44,49,74H,4-6,8-9,11-14,17,21-22,26,30,33,36,39,42,45-48,50-73H2,1-3H3/b10-7-,18-15-,19-16-,23-20-,27-24-,28-25-,32-31-,35-34-,38-37-,41-40-,44-43-,49-29-. The van der Waals surface area contributed by atoms with Crippen LogP contribution in [0.4, 0.5) is 0 Å². The molecule has 0 saturated carbocycles. The number of unbranched alkanes of at least 4 members (excludes halogenated alkanes) is 26. The number of hydrogen-bond donors (Lipinski definition) is 0. The number of ether oxygens (including phenoxy) is 3. The van der Waals surface area contributed by atoms with Crippen LogP contribution >= 0.6 is 0 Å². The Hall–Kier alpha value is -4.71. The summed E-state index contributed by atoms with van der Waals surface area (Å²) in [5, 5.41) is 0. The molecule has 0 heterocycles. The van der Waals surface area contributed by atoms with Gasteiger partial charge in [-0.1, -0.05) is 289 Å². The molecule has 470 valence electrons. The lowest BCUT2D eigenvalue weighted by Crippen LogP contribution is -2.30. The first-order valence-electron chi connectivity index (χ1n) is 34.3. The summed E-state index contributed by atoms with van der Waals surface area (Å²) in [7, 11) is 0. The molecule has 0 bridgehead atoms. The van der Waals surface area contributed by atoms with E-state index in [1.54, 1.807) is 0 Å². The summed E-state index contributed by atoms with van der Waals surface area (Å²) in [6, 6.07) is 0. The SMILES string of the molecule is CC/C=C\C/C=C\C/C=C\C/C=C\C/C=C\C/C=C\C/C=C\C/C=C\CCCCCCCCCCCCC(=O)OCC(COC(=O)CCCCCCC/C=C\C/C=C\CCCC)OC(=O)CCCCCCC/C=C\C/C=C\CCCCCC. The van der Waals surface area contributed by atoms with Gasteiger partial charge < -0.3 is 14.2 Å². The van der Waals surface area contributed by atoms with E-state index in [1.165, 1.54) is 96.3 Å². The maximum atomic E-state index is 12.9. The van der Waals surface area contributed by atoms with E-state index in [9.17, 15) is 14.4 Å². The maximum Gasteiger partial charge on any atom is 0.306 e. The van der Waals surface area contributed by atoms with Crippen LogP contribution in [0.1, 0.15) is 303 Å². The molecule has 0 aliphatic carbocycles. The first-order valence-corrected chi connectivity index (χ1v) is 34.3. The van der Waals surface area contributed by atoms with E-state index in [0.29, 0.717) is 19.3 Å². The van der Waals surface area contributed by atoms with E-state index in [1.807, 2.05) is 0 Å². The Labute approximate surface area is 512 Å². The Morgan fingerprint density at radius 2 is 0.482 bits per heavy atom. The quantitative estimate of drug-likeness (QED) is 0.0261. The summed E-state index contributed by atoms with van der Waals surface area (Å²) in [4.78, 5) is 38.3. The van der Waals surface area contributed by atoms with Gasteiger partial charge in [-0.2, -0.15) is 0 Å². The fourth-order valence-corrected chi connectivity index (χ4v) is 9.15. The molecule has 0 N–H and O–H groups in total. The Kier molecular flexibility index (Phi) is 65.8. The van der Waals surface area contributed by atoms with Crippen LogP contribution in [0.2, 0.25) is 0 Å². The zero-order valence-electron chi connectivity index (χ0n) is 53.9. The van der Waals surface area contributed by atoms with Crippen LogP contribution in [-0.2, 0) is 28.6 Å². The van der Waals surface area contributed by atoms with Crippen molar-refractivity contribution in [2.45, 2.75) is 309 Å². The third kappa shape index (κ3) is 68.0. The minimum absolute atomic E-state index is 0.0936. The van der Waals surface area contributed by atoms with Crippen LogP contribution in [0.25, 0.3) is 0 Å². The first kappa shape index (κ1) is 78.3. The third-order valence-corrected chi connectivity index (χ3v) is 14.3. The first-order chi connectivity index (χ1) is 41.0. The predicted molar refractivity (Wildman–Crippen MR) is 362 cm³/mol. The molecular formula is C77H126O6. The smallest absolute Gasteiger partial charge is 0.306 e. The number of hydrogen-bond acceptors (Lipinski definition) is 6. The molecule has 0 aliphatic rings. The van der Waals surface area contributed by atoms with Crippen molar-refractivity contribution in [2.24, 2.45) is 0 Å². The molecule has 1 unspecified atom stereocenters. The number of carbonyl (C=O) groups is 3. The van der Waals surface area contributed by atoms with Crippen molar-refractivity contribution in [1.29, 1.82) is 0 Å². The van der Waals surface area contributed by atoms with Crippen molar-refractivity contribution < 1.29 is 28.6 Å². The second-order valence-corrected chi connectivity index (χ2v) is 22.3. The lowest BCUT2D eigenvalue weighted by atomic mass is 10.1. The van der Waals surface area contributed by atoms with Crippen LogP contribution in [-0.4, -0.2) is 37.2 Å². The van der Waals surface area contributed by atoms with E-state index >= 15 is 0 Å². The fourth-order valence-electron chi connectivity index (χ4n) is 9.15. The minimum Gasteiger partial charge on any atom is -0.462 e. The van der Waals surface area contributed by atoms with Crippen molar-refractivity contribution in [3.63, 3.8) is 0 Å². The molecule has 0 aromatic rings. The fraction of sp³-hybridized carbons (Fsp3) is 0.649. The molecular weight excluding hydrogens is 1020 g/mol. The molecule has 83 heavy (non-hydrogen) atoms. The van der Waals surface area contributed by atoms with Gasteiger partial charge in [0.2, 0.25) is 0 Å². The van der Waals surface area contributed by atoms with Crippen LogP contribution in [0, 0.1) is 0 Å². The van der Waals surface area contributed by atoms with Gasteiger partial charge in [-0.15, -0.1) is 0 Å². The highest BCUT2D eigenvalue weighted by Crippen LogP contribution is 2.15. The average molecular weight is 1150 g/mol. The lowest BCUT2D eigenvalue weighted by molar-refractivity contribution is -0.167. The molecule has 0 aromatic heterocycles. The van der Waals surface area contributed by atoms with Gasteiger partial charge in [0, 0.05) is 19.3 Å². The summed E-state index contributed by atoms with van der Waals surface area (Å²) in [6.45, 7) is 6.45. The highest BCUT2D eigenvalue weighted by molar-refractivity contribution is 5.71. The maximum absolute atomic E-state index is 12.9. The normalized spacial score (nSPS) is 13.0. The Balaban J connectivity index is 4.27. The summed E-state index contributed by atoms with van der Waals surface area (Å²) in [5.41, 5.74) is 0. The molecule has 0 aromatic carbocycles. The van der Waals surface area contributed by atoms with E-state index in [0.717, 1.165) is 167 Å². The Morgan fingerprint density at radius 1 is 0.253 bits per heavy atom. The molecule has 0 spiro atoms. The van der Waals surface area contributed by atoms with Gasteiger partial charge in [0.25, 0.3) is 0 Å². The topological polar surface area (TPSA) is 78.9 Å². The van der Waals surface area contributed by atoms with E-state index < -0.39 is 6.10 Å². The van der Waals surface area contributed by atoms with Crippen molar-refractivity contribution in [1.82, 2.24) is 0 Å². The van der Waals surface area contributed by atoms with Crippen molar-refractivity contribution in [2.75, 3.05) is 13.2 Å². The van der Waals surface area contributed by atoms with Gasteiger partial charge in [-0.3, -0.25) is 14.4 Å². The van der Waals surface area contributed by atoms with Gasteiger partial charge in [0.1, 0.15) is 13.2 Å². The molecule has 0 fully saturated rings. The summed E-state index contributed by atoms with van der Waals surface area (Å²) < 4.78 is 16.9. The molecule has 0 amide bonds. The van der Waals surface area contributed by atoms with Crippen LogP contribution in [0.15, 0.2) is 146 Å². The molecule has 0 saturated heterocycles. The van der Waals surface area contributed by atoms with E-state index in [-0.39, 0.29) is 31.1 Å². The van der Waals surface area contributed by atoms with Gasteiger partial charge >= 0.3 is 17.9 Å². The van der Waals surface area contributed by atoms with Gasteiger partial charge in [0.05, 0.1) is 0 Å². The highest BCUT2D eigenvalue weighted by Gasteiger charge is 2.19. The van der Waals surface area contributed by atoms with Gasteiger partial charge in [-0.25, -0.2) is 0 Å². The third-order valence-electron chi connectivity index (χ3n) is 14.3. The minimum atomic E-state index is -0.799. The lowest BCUT2D eigenvalue weighted by Gasteiger charge is -2.18. The zero-order valence-corrected chi connectivity index (χ0v) is 53.9. The van der Waals surface area contributed by atoms with Gasteiger partial charge in [0.15, 0.2) is 6.10 Å². The van der Waals surface area contributed by atoms with Crippen molar-refractivity contribution in [3.8, 4) is 0 Å². The number of allylic oxidation sites excluding steroid dienone is 24. The summed E-state index contributed by atoms with van der Waals surface area (Å²) >= 11 is 0. The predicted octanol–water partition coefficient (Wildman–Crippen LogP) is 23.9. The summed E-state index contributed by atoms with van der Waals surface area (Å²) in [5.74, 6) is -0.922. The molecule has 0 radical (unpaired) electrons. The molecule has 6 nitrogen and oxygen atoms in total. The Morgan fingerprint density at radius 3 is 0.771 bits per heavy atom. The number of rotatable bonds is 61. The van der Waals surface area contributed by atoms with E-state index in [2.05, 4.69) is 167 Å². The Bertz CT molecular complexity index is 1800. The second kappa shape index (κ2) is 69.8. The van der Waals surface area contributed by atoms with Gasteiger partial charge in [-0.05, 0) is 141 Å². The monoisotopic (exact) mass is 1150 g/mol. The second-order valence-electron chi connectivity index (χ2n) is 22.3. The van der Waals surface area contributed by atoms with Crippen LogP contribution in [0.3, 0.4) is 0 Å². The zero-order chi connectivity index (χ0) is 59.9. The van der Waals surface area contributed by atoms with E-state index in [4.69, 9.17) is 14.2 Å². The van der Waals surface area contributed by atoms with Crippen molar-refractivity contribution in [3.05, 3.63) is 146 Å². The van der Waals surface area contributed by atoms with Crippen LogP contribution in [0.5, 0.6) is 0 Å². The average Bonchev–Trinajstić information content (AvgIpc) is 3.49. The molecule has 0 aliphatic heterocycles. The number of esters is 3.